The van der Waals surface area contributed by atoms with Crippen molar-refractivity contribution >= 4 is 32.9 Å². The lowest BCUT2D eigenvalue weighted by Crippen LogP contribution is -2.26. The molecular weight excluding hydrogens is 439 g/mol. The van der Waals surface area contributed by atoms with Crippen molar-refractivity contribution in [3.63, 3.8) is 0 Å². The van der Waals surface area contributed by atoms with Crippen molar-refractivity contribution in [2.45, 2.75) is 55.1 Å². The molecule has 31 heavy (non-hydrogen) atoms. The fourth-order valence-electron chi connectivity index (χ4n) is 4.20. The van der Waals surface area contributed by atoms with E-state index < -0.39 is 20.9 Å². The van der Waals surface area contributed by atoms with E-state index in [1.54, 1.807) is 36.1 Å². The number of amides is 1. The number of nitrogens with zero attached hydrogens (tertiary/aromatic N) is 2. The molecule has 0 radical (unpaired) electrons. The van der Waals surface area contributed by atoms with Crippen molar-refractivity contribution in [3.05, 3.63) is 46.2 Å². The number of aromatic nitrogens is 1. The maximum absolute atomic E-state index is 13.3. The maximum atomic E-state index is 13.3. The van der Waals surface area contributed by atoms with Gasteiger partial charge < -0.3 is 4.90 Å². The number of hydrogen-bond donors (Lipinski definition) is 0. The molecule has 1 aliphatic carbocycles. The second-order valence-corrected chi connectivity index (χ2v) is 11.7. The second kappa shape index (κ2) is 8.78. The van der Waals surface area contributed by atoms with Crippen LogP contribution in [0.3, 0.4) is 0 Å². The Hall–Kier alpha value is -2.13. The SMILES string of the molecule is CC(=O)N1CC[C@H](C[C@@H](C(=O)Cc2ncc(F)s2)c2ccc(S(=O)(=O)C3CC3)cc2)C1. The molecule has 1 saturated heterocycles. The molecule has 0 N–H and O–H groups in total. The Balaban J connectivity index is 1.55. The Morgan fingerprint density at radius 3 is 2.48 bits per heavy atom. The summed E-state index contributed by atoms with van der Waals surface area (Å²) in [5, 5.41) is -0.286. The molecule has 2 atom stereocenters. The van der Waals surface area contributed by atoms with Crippen LogP contribution in [0.15, 0.2) is 35.4 Å². The average molecular weight is 465 g/mol. The van der Waals surface area contributed by atoms with Crippen molar-refractivity contribution in [3.8, 4) is 0 Å². The first-order valence-electron chi connectivity index (χ1n) is 10.5. The molecule has 0 bridgehead atoms. The molecule has 1 aliphatic heterocycles. The average Bonchev–Trinajstić information content (AvgIpc) is 3.37. The van der Waals surface area contributed by atoms with Gasteiger partial charge in [0.1, 0.15) is 10.8 Å². The number of Topliss-reactive ketones (excluding diaryl/α,β-unsaturated/α-hetero) is 1. The van der Waals surface area contributed by atoms with Gasteiger partial charge in [-0.05, 0) is 49.3 Å². The predicted molar refractivity (Wildman–Crippen MR) is 115 cm³/mol. The molecule has 6 nitrogen and oxygen atoms in total. The van der Waals surface area contributed by atoms with Crippen LogP contribution in [0, 0.1) is 11.0 Å². The van der Waals surface area contributed by atoms with Crippen molar-refractivity contribution < 1.29 is 22.4 Å². The monoisotopic (exact) mass is 464 g/mol. The topological polar surface area (TPSA) is 84.4 Å². The maximum Gasteiger partial charge on any atom is 0.219 e. The van der Waals surface area contributed by atoms with Crippen molar-refractivity contribution in [2.24, 2.45) is 5.92 Å². The highest BCUT2D eigenvalue weighted by Gasteiger charge is 2.37. The Kier molecular flexibility index (Phi) is 6.25. The van der Waals surface area contributed by atoms with E-state index in [0.717, 1.165) is 29.5 Å². The molecule has 2 aromatic rings. The number of likely N-dealkylation sites (tertiary alicyclic amines) is 1. The third-order valence-electron chi connectivity index (χ3n) is 6.11. The number of thiazole rings is 1. The fraction of sp³-hybridized carbons (Fsp3) is 0.500. The number of rotatable bonds is 8. The fourth-order valence-corrected chi connectivity index (χ4v) is 6.51. The van der Waals surface area contributed by atoms with Gasteiger partial charge >= 0.3 is 0 Å². The van der Waals surface area contributed by atoms with Crippen LogP contribution in [0.2, 0.25) is 0 Å². The minimum Gasteiger partial charge on any atom is -0.343 e. The van der Waals surface area contributed by atoms with Crippen LogP contribution in [-0.4, -0.2) is 48.3 Å². The van der Waals surface area contributed by atoms with Gasteiger partial charge in [-0.25, -0.2) is 13.4 Å². The Morgan fingerprint density at radius 1 is 1.23 bits per heavy atom. The van der Waals surface area contributed by atoms with Crippen LogP contribution in [0.4, 0.5) is 4.39 Å². The van der Waals surface area contributed by atoms with Gasteiger partial charge in [0.15, 0.2) is 15.0 Å². The van der Waals surface area contributed by atoms with Gasteiger partial charge in [-0.15, -0.1) is 0 Å². The number of halogens is 1. The summed E-state index contributed by atoms with van der Waals surface area (Å²) in [7, 11) is -3.29. The summed E-state index contributed by atoms with van der Waals surface area (Å²) in [6.07, 6.45) is 3.93. The molecule has 2 aliphatic rings. The molecule has 2 fully saturated rings. The van der Waals surface area contributed by atoms with E-state index in [9.17, 15) is 22.4 Å². The summed E-state index contributed by atoms with van der Waals surface area (Å²) in [5.41, 5.74) is 0.748. The van der Waals surface area contributed by atoms with E-state index in [1.807, 2.05) is 0 Å². The molecule has 9 heteroatoms. The van der Waals surface area contributed by atoms with Gasteiger partial charge in [-0.1, -0.05) is 23.5 Å². The first-order chi connectivity index (χ1) is 14.7. The summed E-state index contributed by atoms with van der Waals surface area (Å²) in [6.45, 7) is 2.83. The summed E-state index contributed by atoms with van der Waals surface area (Å²) in [4.78, 5) is 30.9. The van der Waals surface area contributed by atoms with Gasteiger partial charge in [0.05, 0.1) is 22.8 Å². The van der Waals surface area contributed by atoms with Crippen LogP contribution in [-0.2, 0) is 25.8 Å². The van der Waals surface area contributed by atoms with Crippen LogP contribution in [0.5, 0.6) is 0 Å². The van der Waals surface area contributed by atoms with Crippen LogP contribution in [0.25, 0.3) is 0 Å². The van der Waals surface area contributed by atoms with Crippen LogP contribution < -0.4 is 0 Å². The van der Waals surface area contributed by atoms with Gasteiger partial charge in [-0.2, -0.15) is 4.39 Å². The molecular formula is C22H25FN2O4S2. The molecule has 1 saturated carbocycles. The molecule has 0 unspecified atom stereocenters. The number of benzene rings is 1. The first-order valence-corrected chi connectivity index (χ1v) is 12.8. The molecule has 1 aromatic heterocycles. The molecule has 4 rings (SSSR count). The molecule has 0 spiro atoms. The summed E-state index contributed by atoms with van der Waals surface area (Å²) >= 11 is 0.861. The molecule has 1 aromatic carbocycles. The lowest BCUT2D eigenvalue weighted by Gasteiger charge is -2.21. The summed E-state index contributed by atoms with van der Waals surface area (Å²) in [5.74, 6) is -0.325. The number of carbonyl (C=O) groups excluding carboxylic acids is 2. The third kappa shape index (κ3) is 5.03. The molecule has 166 valence electrons. The predicted octanol–water partition coefficient (Wildman–Crippen LogP) is 3.37. The largest absolute Gasteiger partial charge is 0.343 e. The van der Waals surface area contributed by atoms with Gasteiger partial charge in [0.2, 0.25) is 5.91 Å². The smallest absolute Gasteiger partial charge is 0.219 e. The van der Waals surface area contributed by atoms with Gasteiger partial charge in [0, 0.05) is 25.9 Å². The summed E-state index contributed by atoms with van der Waals surface area (Å²) in [6, 6.07) is 6.61. The van der Waals surface area contributed by atoms with E-state index in [0.29, 0.717) is 37.4 Å². The Morgan fingerprint density at radius 2 is 1.94 bits per heavy atom. The van der Waals surface area contributed by atoms with E-state index in [1.165, 1.54) is 0 Å². The van der Waals surface area contributed by atoms with Crippen molar-refractivity contribution in [2.75, 3.05) is 13.1 Å². The highest BCUT2D eigenvalue weighted by molar-refractivity contribution is 7.92. The first kappa shape index (κ1) is 22.1. The summed E-state index contributed by atoms with van der Waals surface area (Å²) < 4.78 is 38.3. The zero-order valence-electron chi connectivity index (χ0n) is 17.3. The van der Waals surface area contributed by atoms with Crippen molar-refractivity contribution in [1.29, 1.82) is 0 Å². The third-order valence-corrected chi connectivity index (χ3v) is 9.18. The van der Waals surface area contributed by atoms with Crippen LogP contribution >= 0.6 is 11.3 Å². The van der Waals surface area contributed by atoms with E-state index >= 15 is 0 Å². The number of ketones is 1. The quantitative estimate of drug-likeness (QED) is 0.598. The lowest BCUT2D eigenvalue weighted by molar-refractivity contribution is -0.127. The minimum absolute atomic E-state index is 0.0262. The van der Waals surface area contributed by atoms with E-state index in [4.69, 9.17) is 0 Å². The van der Waals surface area contributed by atoms with Gasteiger partial charge in [-0.3, -0.25) is 9.59 Å². The lowest BCUT2D eigenvalue weighted by atomic mass is 9.84. The number of sulfone groups is 1. The highest BCUT2D eigenvalue weighted by atomic mass is 32.2. The Bertz CT molecular complexity index is 1080. The Labute approximate surface area is 185 Å². The highest BCUT2D eigenvalue weighted by Crippen LogP contribution is 2.35. The zero-order valence-corrected chi connectivity index (χ0v) is 18.9. The van der Waals surface area contributed by atoms with E-state index in [-0.39, 0.29) is 34.2 Å². The van der Waals surface area contributed by atoms with Gasteiger partial charge in [0.25, 0.3) is 0 Å². The molecule has 1 amide bonds. The normalized spacial score (nSPS) is 20.1. The zero-order chi connectivity index (χ0) is 22.2. The minimum atomic E-state index is -3.29. The number of carbonyl (C=O) groups is 2. The second-order valence-electron chi connectivity index (χ2n) is 8.42. The van der Waals surface area contributed by atoms with Crippen molar-refractivity contribution in [1.82, 2.24) is 9.88 Å². The van der Waals surface area contributed by atoms with Crippen LogP contribution in [0.1, 0.15) is 49.1 Å². The standard InChI is InChI=1S/C22H25FN2O4S2/c1-14(26)25-9-8-15(13-25)10-19(20(27)11-22-24-12-21(23)30-22)16-2-4-17(5-3-16)31(28,29)18-6-7-18/h2-5,12,15,18-19H,6-11,13H2,1H3/t15-,19-/m1/s1. The molecule has 2 heterocycles. The number of hydrogen-bond acceptors (Lipinski definition) is 6. The van der Waals surface area contributed by atoms with E-state index in [2.05, 4.69) is 4.98 Å².